The van der Waals surface area contributed by atoms with Crippen molar-refractivity contribution in [2.75, 3.05) is 0 Å². The van der Waals surface area contributed by atoms with Crippen LogP contribution in [-0.2, 0) is 10.1 Å². The maximum atomic E-state index is 12.7. The van der Waals surface area contributed by atoms with Crippen LogP contribution in [0.1, 0.15) is 5.56 Å². The molecule has 0 aliphatic carbocycles. The Morgan fingerprint density at radius 3 is 2.18 bits per heavy atom. The fourth-order valence-corrected chi connectivity index (χ4v) is 2.28. The summed E-state index contributed by atoms with van der Waals surface area (Å²) < 4.78 is 41.0. The second-order valence-corrected chi connectivity index (χ2v) is 5.61. The maximum Gasteiger partial charge on any atom is 0.332 e. The van der Waals surface area contributed by atoms with E-state index in [1.165, 1.54) is 42.5 Å². The third kappa shape index (κ3) is 4.38. The molecule has 0 bridgehead atoms. The minimum absolute atomic E-state index is 0.0469. The summed E-state index contributed by atoms with van der Waals surface area (Å²) in [5, 5.41) is 11.3. The van der Waals surface area contributed by atoms with Crippen LogP contribution in [0.15, 0.2) is 53.9 Å². The van der Waals surface area contributed by atoms with Crippen molar-refractivity contribution in [3.63, 3.8) is 0 Å². The summed E-state index contributed by atoms with van der Waals surface area (Å²) in [5.74, 6) is -0.475. The average Bonchev–Trinajstić information content (AvgIpc) is 2.47. The SMILES string of the molecule is O=[N+]([O-])c1ccc(OS(=O)(=O)/C=C/c2ccc(F)cc2)cc1. The van der Waals surface area contributed by atoms with E-state index in [2.05, 4.69) is 0 Å². The Balaban J connectivity index is 2.10. The summed E-state index contributed by atoms with van der Waals surface area (Å²) in [6.45, 7) is 0. The molecule has 8 heteroatoms. The Bertz CT molecular complexity index is 798. The van der Waals surface area contributed by atoms with E-state index >= 15 is 0 Å². The Kier molecular flexibility index (Phi) is 4.52. The number of hydrogen-bond acceptors (Lipinski definition) is 5. The largest absolute Gasteiger partial charge is 0.379 e. The number of hydrogen-bond donors (Lipinski definition) is 0. The topological polar surface area (TPSA) is 86.5 Å². The van der Waals surface area contributed by atoms with Crippen molar-refractivity contribution in [3.05, 3.63) is 75.4 Å². The van der Waals surface area contributed by atoms with Gasteiger partial charge in [0, 0.05) is 12.1 Å². The first-order chi connectivity index (χ1) is 10.4. The van der Waals surface area contributed by atoms with Gasteiger partial charge in [0.15, 0.2) is 0 Å². The zero-order valence-electron chi connectivity index (χ0n) is 11.0. The predicted molar refractivity (Wildman–Crippen MR) is 78.1 cm³/mol. The predicted octanol–water partition coefficient (Wildman–Crippen LogP) is 3.11. The van der Waals surface area contributed by atoms with Gasteiger partial charge in [-0.15, -0.1) is 0 Å². The molecule has 0 N–H and O–H groups in total. The van der Waals surface area contributed by atoms with E-state index in [1.54, 1.807) is 0 Å². The van der Waals surface area contributed by atoms with Gasteiger partial charge in [-0.1, -0.05) is 12.1 Å². The van der Waals surface area contributed by atoms with E-state index in [1.807, 2.05) is 0 Å². The summed E-state index contributed by atoms with van der Waals surface area (Å²) in [5.41, 5.74) is 0.309. The van der Waals surface area contributed by atoms with Crippen molar-refractivity contribution >= 4 is 21.9 Å². The summed E-state index contributed by atoms with van der Waals surface area (Å²) in [6.07, 6.45) is 1.25. The molecule has 0 unspecified atom stereocenters. The van der Waals surface area contributed by atoms with E-state index in [9.17, 15) is 22.9 Å². The normalized spacial score (nSPS) is 11.5. The van der Waals surface area contributed by atoms with Crippen LogP contribution in [0.5, 0.6) is 5.75 Å². The Hall–Kier alpha value is -2.74. The first-order valence-electron chi connectivity index (χ1n) is 5.98. The monoisotopic (exact) mass is 323 g/mol. The van der Waals surface area contributed by atoms with Gasteiger partial charge in [-0.25, -0.2) is 4.39 Å². The van der Waals surface area contributed by atoms with Crippen LogP contribution in [0.3, 0.4) is 0 Å². The van der Waals surface area contributed by atoms with Crippen molar-refractivity contribution in [2.24, 2.45) is 0 Å². The zero-order chi connectivity index (χ0) is 16.2. The highest BCUT2D eigenvalue weighted by molar-refractivity contribution is 7.90. The zero-order valence-corrected chi connectivity index (χ0v) is 11.9. The minimum Gasteiger partial charge on any atom is -0.379 e. The first kappa shape index (κ1) is 15.6. The number of non-ortho nitro benzene ring substituents is 1. The molecule has 6 nitrogen and oxygen atoms in total. The lowest BCUT2D eigenvalue weighted by Crippen LogP contribution is -2.05. The molecular weight excluding hydrogens is 313 g/mol. The molecule has 2 aromatic carbocycles. The number of nitro groups is 1. The molecule has 0 saturated carbocycles. The molecular formula is C14H10FNO5S. The minimum atomic E-state index is -4.02. The van der Waals surface area contributed by atoms with Crippen molar-refractivity contribution in [1.82, 2.24) is 0 Å². The van der Waals surface area contributed by atoms with Crippen LogP contribution in [0.25, 0.3) is 6.08 Å². The van der Waals surface area contributed by atoms with Crippen LogP contribution in [0.2, 0.25) is 0 Å². The van der Waals surface area contributed by atoms with Crippen molar-refractivity contribution in [1.29, 1.82) is 0 Å². The molecule has 0 aromatic heterocycles. The van der Waals surface area contributed by atoms with E-state index in [0.29, 0.717) is 5.56 Å². The van der Waals surface area contributed by atoms with E-state index in [0.717, 1.165) is 17.5 Å². The highest BCUT2D eigenvalue weighted by atomic mass is 32.2. The van der Waals surface area contributed by atoms with Gasteiger partial charge < -0.3 is 4.18 Å². The molecule has 114 valence electrons. The van der Waals surface area contributed by atoms with Crippen LogP contribution in [-0.4, -0.2) is 13.3 Å². The van der Waals surface area contributed by atoms with Gasteiger partial charge >= 0.3 is 10.1 Å². The Labute approximate surface area is 125 Å². The molecule has 0 heterocycles. The molecule has 0 radical (unpaired) electrons. The smallest absolute Gasteiger partial charge is 0.332 e. The van der Waals surface area contributed by atoms with Gasteiger partial charge in [-0.2, -0.15) is 8.42 Å². The third-order valence-electron chi connectivity index (χ3n) is 2.56. The van der Waals surface area contributed by atoms with Crippen molar-refractivity contribution < 1.29 is 21.9 Å². The number of nitrogens with zero attached hydrogens (tertiary/aromatic N) is 1. The van der Waals surface area contributed by atoms with E-state index < -0.39 is 20.9 Å². The molecule has 0 amide bonds. The molecule has 2 rings (SSSR count). The Morgan fingerprint density at radius 1 is 1.05 bits per heavy atom. The van der Waals surface area contributed by atoms with Crippen LogP contribution >= 0.6 is 0 Å². The highest BCUT2D eigenvalue weighted by Crippen LogP contribution is 2.19. The number of benzene rings is 2. The lowest BCUT2D eigenvalue weighted by Gasteiger charge is -2.02. The highest BCUT2D eigenvalue weighted by Gasteiger charge is 2.10. The molecule has 0 fully saturated rings. The molecule has 0 aliphatic heterocycles. The van der Waals surface area contributed by atoms with Gasteiger partial charge in [0.05, 0.1) is 10.3 Å². The molecule has 22 heavy (non-hydrogen) atoms. The molecule has 0 saturated heterocycles. The fraction of sp³-hybridized carbons (Fsp3) is 0. The van der Waals surface area contributed by atoms with Crippen molar-refractivity contribution in [3.8, 4) is 5.75 Å². The second kappa shape index (κ2) is 6.35. The van der Waals surface area contributed by atoms with Crippen LogP contribution in [0, 0.1) is 15.9 Å². The van der Waals surface area contributed by atoms with Gasteiger partial charge in [-0.3, -0.25) is 10.1 Å². The lowest BCUT2D eigenvalue weighted by atomic mass is 10.2. The summed E-state index contributed by atoms with van der Waals surface area (Å²) in [6, 6.07) is 9.85. The van der Waals surface area contributed by atoms with E-state index in [4.69, 9.17) is 4.18 Å². The quantitative estimate of drug-likeness (QED) is 0.479. The summed E-state index contributed by atoms with van der Waals surface area (Å²) in [4.78, 5) is 9.88. The number of nitro benzene ring substituents is 1. The molecule has 2 aromatic rings. The molecule has 0 spiro atoms. The van der Waals surface area contributed by atoms with Gasteiger partial charge in [0.2, 0.25) is 0 Å². The van der Waals surface area contributed by atoms with Gasteiger partial charge in [0.25, 0.3) is 5.69 Å². The fourth-order valence-electron chi connectivity index (χ4n) is 1.52. The van der Waals surface area contributed by atoms with Gasteiger partial charge in [-0.05, 0) is 35.9 Å². The third-order valence-corrected chi connectivity index (χ3v) is 3.45. The van der Waals surface area contributed by atoms with Crippen LogP contribution < -0.4 is 4.18 Å². The van der Waals surface area contributed by atoms with Gasteiger partial charge in [0.1, 0.15) is 11.6 Å². The Morgan fingerprint density at radius 2 is 1.64 bits per heavy atom. The number of rotatable bonds is 5. The maximum absolute atomic E-state index is 12.7. The van der Waals surface area contributed by atoms with Crippen LogP contribution in [0.4, 0.5) is 10.1 Å². The van der Waals surface area contributed by atoms with E-state index in [-0.39, 0.29) is 11.4 Å². The average molecular weight is 323 g/mol. The summed E-state index contributed by atoms with van der Waals surface area (Å²) >= 11 is 0. The second-order valence-electron chi connectivity index (χ2n) is 4.18. The lowest BCUT2D eigenvalue weighted by molar-refractivity contribution is -0.384. The summed E-state index contributed by atoms with van der Waals surface area (Å²) in [7, 11) is -4.02. The molecule has 0 aliphatic rings. The first-order valence-corrected chi connectivity index (χ1v) is 7.45. The van der Waals surface area contributed by atoms with Crippen molar-refractivity contribution in [2.45, 2.75) is 0 Å². The molecule has 0 atom stereocenters. The number of halogens is 1. The standard InChI is InChI=1S/C14H10FNO5S/c15-12-3-1-11(2-4-12)9-10-22(19,20)21-14-7-5-13(6-8-14)16(17)18/h1-10H/b10-9+.